The second kappa shape index (κ2) is 6.74. The number of methoxy groups -OCH3 is 1. The van der Waals surface area contributed by atoms with E-state index in [9.17, 15) is 9.59 Å². The molecular formula is C14H19BrN2O3. The largest absolute Gasteiger partial charge is 0.496 e. The summed E-state index contributed by atoms with van der Waals surface area (Å²) in [6, 6.07) is 5.07. The maximum atomic E-state index is 12.0. The Balaban J connectivity index is 2.73. The van der Waals surface area contributed by atoms with Gasteiger partial charge < -0.3 is 15.4 Å². The Bertz CT molecular complexity index is 515. The normalized spacial score (nSPS) is 10.8. The highest BCUT2D eigenvalue weighted by atomic mass is 79.9. The first kappa shape index (κ1) is 16.5. The van der Waals surface area contributed by atoms with Crippen molar-refractivity contribution in [2.45, 2.75) is 13.8 Å². The predicted molar refractivity (Wildman–Crippen MR) is 80.9 cm³/mol. The number of rotatable bonds is 5. The summed E-state index contributed by atoms with van der Waals surface area (Å²) in [6.07, 6.45) is 0. The molecule has 0 aliphatic rings. The molecule has 2 amide bonds. The average Bonchev–Trinajstić information content (AvgIpc) is 2.43. The molecule has 1 rings (SSSR count). The van der Waals surface area contributed by atoms with E-state index in [0.29, 0.717) is 15.8 Å². The molecule has 20 heavy (non-hydrogen) atoms. The van der Waals surface area contributed by atoms with Crippen LogP contribution in [0.25, 0.3) is 0 Å². The van der Waals surface area contributed by atoms with Crippen LogP contribution in [0, 0.1) is 5.41 Å². The third kappa shape index (κ3) is 3.96. The number of hydrogen-bond acceptors (Lipinski definition) is 3. The quantitative estimate of drug-likeness (QED) is 0.859. The first-order valence-electron chi connectivity index (χ1n) is 6.15. The molecule has 2 N–H and O–H groups in total. The minimum absolute atomic E-state index is 0.117. The summed E-state index contributed by atoms with van der Waals surface area (Å²) < 4.78 is 5.82. The van der Waals surface area contributed by atoms with Crippen molar-refractivity contribution in [3.8, 4) is 5.75 Å². The fraction of sp³-hybridized carbons (Fsp3) is 0.429. The standard InChI is InChI=1S/C14H19BrN2O3/c1-14(2,13(19)16-3)8-17-12(18)9-5-6-11(20-4)10(15)7-9/h5-7H,8H2,1-4H3,(H,16,19)(H,17,18). The molecule has 0 spiro atoms. The van der Waals surface area contributed by atoms with Gasteiger partial charge in [-0.15, -0.1) is 0 Å². The summed E-state index contributed by atoms with van der Waals surface area (Å²) in [4.78, 5) is 23.7. The SMILES string of the molecule is CNC(=O)C(C)(C)CNC(=O)c1ccc(OC)c(Br)c1. The zero-order valence-corrected chi connectivity index (χ0v) is 13.6. The van der Waals surface area contributed by atoms with Gasteiger partial charge >= 0.3 is 0 Å². The molecule has 0 unspecified atom stereocenters. The van der Waals surface area contributed by atoms with E-state index >= 15 is 0 Å². The number of halogens is 1. The van der Waals surface area contributed by atoms with Crippen LogP contribution in [0.5, 0.6) is 5.75 Å². The Morgan fingerprint density at radius 1 is 1.35 bits per heavy atom. The van der Waals surface area contributed by atoms with Crippen LogP contribution < -0.4 is 15.4 Å². The third-order valence-electron chi connectivity index (χ3n) is 2.95. The van der Waals surface area contributed by atoms with E-state index in [1.165, 1.54) is 0 Å². The minimum atomic E-state index is -0.659. The number of amides is 2. The van der Waals surface area contributed by atoms with Gasteiger partial charge in [0.2, 0.25) is 5.91 Å². The van der Waals surface area contributed by atoms with Gasteiger partial charge in [0.05, 0.1) is 17.0 Å². The number of carbonyl (C=O) groups is 2. The lowest BCUT2D eigenvalue weighted by Gasteiger charge is -2.22. The highest BCUT2D eigenvalue weighted by molar-refractivity contribution is 9.10. The van der Waals surface area contributed by atoms with Crippen LogP contribution >= 0.6 is 15.9 Å². The van der Waals surface area contributed by atoms with Gasteiger partial charge in [-0.2, -0.15) is 0 Å². The van der Waals surface area contributed by atoms with Gasteiger partial charge in [-0.1, -0.05) is 0 Å². The van der Waals surface area contributed by atoms with Crippen LogP contribution in [-0.2, 0) is 4.79 Å². The number of ether oxygens (including phenoxy) is 1. The minimum Gasteiger partial charge on any atom is -0.496 e. The van der Waals surface area contributed by atoms with Gasteiger partial charge in [0.15, 0.2) is 0 Å². The van der Waals surface area contributed by atoms with Crippen LogP contribution in [-0.4, -0.2) is 32.5 Å². The zero-order valence-electron chi connectivity index (χ0n) is 12.0. The molecule has 1 aromatic carbocycles. The first-order valence-corrected chi connectivity index (χ1v) is 6.95. The van der Waals surface area contributed by atoms with Crippen molar-refractivity contribution in [3.05, 3.63) is 28.2 Å². The van der Waals surface area contributed by atoms with Gasteiger partial charge in [0.1, 0.15) is 5.75 Å². The molecule has 5 nitrogen and oxygen atoms in total. The molecule has 0 aliphatic heterocycles. The van der Waals surface area contributed by atoms with E-state index in [1.807, 2.05) is 0 Å². The summed E-state index contributed by atoms with van der Waals surface area (Å²) in [7, 11) is 3.14. The average molecular weight is 343 g/mol. The molecule has 0 radical (unpaired) electrons. The second-order valence-electron chi connectivity index (χ2n) is 5.00. The van der Waals surface area contributed by atoms with Crippen molar-refractivity contribution >= 4 is 27.7 Å². The van der Waals surface area contributed by atoms with E-state index < -0.39 is 5.41 Å². The van der Waals surface area contributed by atoms with E-state index in [2.05, 4.69) is 26.6 Å². The topological polar surface area (TPSA) is 67.4 Å². The molecule has 1 aromatic rings. The van der Waals surface area contributed by atoms with Crippen molar-refractivity contribution in [1.29, 1.82) is 0 Å². The number of carbonyl (C=O) groups excluding carboxylic acids is 2. The summed E-state index contributed by atoms with van der Waals surface area (Å²) in [5.74, 6) is 0.311. The molecular weight excluding hydrogens is 324 g/mol. The molecule has 110 valence electrons. The molecule has 0 atom stereocenters. The summed E-state index contributed by atoms with van der Waals surface area (Å²) in [6.45, 7) is 3.81. The van der Waals surface area contributed by atoms with Crippen LogP contribution in [0.1, 0.15) is 24.2 Å². The number of nitrogens with one attached hydrogen (secondary N) is 2. The Morgan fingerprint density at radius 3 is 2.50 bits per heavy atom. The summed E-state index contributed by atoms with van der Waals surface area (Å²) in [5.41, 5.74) is -0.154. The van der Waals surface area contributed by atoms with Crippen molar-refractivity contribution in [3.63, 3.8) is 0 Å². The molecule has 0 saturated heterocycles. The van der Waals surface area contributed by atoms with Crippen LogP contribution in [0.15, 0.2) is 22.7 Å². The Hall–Kier alpha value is -1.56. The van der Waals surface area contributed by atoms with Crippen LogP contribution in [0.4, 0.5) is 0 Å². The Labute approximate surface area is 127 Å². The van der Waals surface area contributed by atoms with Gasteiger partial charge in [-0.25, -0.2) is 0 Å². The van der Waals surface area contributed by atoms with E-state index in [-0.39, 0.29) is 18.4 Å². The molecule has 0 aliphatic carbocycles. The van der Waals surface area contributed by atoms with E-state index in [4.69, 9.17) is 4.74 Å². The highest BCUT2D eigenvalue weighted by Gasteiger charge is 2.27. The van der Waals surface area contributed by atoms with Gasteiger partial charge in [0, 0.05) is 19.2 Å². The molecule has 6 heteroatoms. The lowest BCUT2D eigenvalue weighted by atomic mass is 9.92. The monoisotopic (exact) mass is 342 g/mol. The molecule has 0 heterocycles. The van der Waals surface area contributed by atoms with Crippen molar-refractivity contribution in [2.75, 3.05) is 20.7 Å². The molecule has 0 fully saturated rings. The molecule has 0 saturated carbocycles. The van der Waals surface area contributed by atoms with Gasteiger partial charge in [-0.3, -0.25) is 9.59 Å². The lowest BCUT2D eigenvalue weighted by molar-refractivity contribution is -0.128. The summed E-state index contributed by atoms with van der Waals surface area (Å²) >= 11 is 3.33. The smallest absolute Gasteiger partial charge is 0.251 e. The fourth-order valence-corrected chi connectivity index (χ4v) is 2.17. The summed E-state index contributed by atoms with van der Waals surface area (Å²) in [5, 5.41) is 5.34. The van der Waals surface area contributed by atoms with E-state index in [1.54, 1.807) is 46.2 Å². The van der Waals surface area contributed by atoms with Crippen molar-refractivity contribution in [1.82, 2.24) is 10.6 Å². The lowest BCUT2D eigenvalue weighted by Crippen LogP contribution is -2.43. The maximum absolute atomic E-state index is 12.0. The second-order valence-corrected chi connectivity index (χ2v) is 5.85. The maximum Gasteiger partial charge on any atom is 0.251 e. The zero-order chi connectivity index (χ0) is 15.3. The van der Waals surface area contributed by atoms with Gasteiger partial charge in [0.25, 0.3) is 5.91 Å². The van der Waals surface area contributed by atoms with Crippen molar-refractivity contribution in [2.24, 2.45) is 5.41 Å². The molecule has 0 aromatic heterocycles. The Kier molecular flexibility index (Phi) is 5.56. The van der Waals surface area contributed by atoms with Gasteiger partial charge in [-0.05, 0) is 48.0 Å². The Morgan fingerprint density at radius 2 is 2.00 bits per heavy atom. The van der Waals surface area contributed by atoms with Crippen molar-refractivity contribution < 1.29 is 14.3 Å². The van der Waals surface area contributed by atoms with E-state index in [0.717, 1.165) is 0 Å². The molecule has 0 bridgehead atoms. The van der Waals surface area contributed by atoms with Crippen LogP contribution in [0.3, 0.4) is 0 Å². The number of hydrogen-bond donors (Lipinski definition) is 2. The van der Waals surface area contributed by atoms with Crippen LogP contribution in [0.2, 0.25) is 0 Å². The first-order chi connectivity index (χ1) is 9.31. The number of benzene rings is 1. The fourth-order valence-electron chi connectivity index (χ4n) is 1.63. The third-order valence-corrected chi connectivity index (χ3v) is 3.57. The highest BCUT2D eigenvalue weighted by Crippen LogP contribution is 2.25. The predicted octanol–water partition coefficient (Wildman–Crippen LogP) is 1.96.